The molecule has 0 aliphatic carbocycles. The van der Waals surface area contributed by atoms with E-state index in [-0.39, 0.29) is 4.72 Å². The number of hydrogen-bond donors (Lipinski definition) is 1. The van der Waals surface area contributed by atoms with Crippen molar-refractivity contribution in [1.29, 1.82) is 0 Å². The van der Waals surface area contributed by atoms with Gasteiger partial charge in [-0.2, -0.15) is 70.2 Å². The van der Waals surface area contributed by atoms with E-state index in [1.165, 1.54) is 6.07 Å². The molecule has 0 heterocycles. The largest absolute Gasteiger partial charge is 0.460 e. The lowest BCUT2D eigenvalue weighted by Crippen LogP contribution is -2.71. The lowest BCUT2D eigenvalue weighted by atomic mass is 9.98. The van der Waals surface area contributed by atoms with Gasteiger partial charge in [-0.1, -0.05) is 18.2 Å². The average Bonchev–Trinajstić information content (AvgIpc) is 2.66. The summed E-state index contributed by atoms with van der Waals surface area (Å²) in [6, 6.07) is 4.96. The molecule has 0 aromatic heterocycles. The summed E-state index contributed by atoms with van der Waals surface area (Å²) in [5, 5.41) is -7.52. The predicted octanol–water partition coefficient (Wildman–Crippen LogP) is 3.97. The van der Waals surface area contributed by atoms with Crippen molar-refractivity contribution in [3.05, 3.63) is 30.3 Å². The molecule has 0 radical (unpaired) electrons. The zero-order valence-electron chi connectivity index (χ0n) is 15.4. The van der Waals surface area contributed by atoms with Crippen LogP contribution in [0.15, 0.2) is 35.2 Å². The molecule has 0 saturated carbocycles. The molecule has 21 heteroatoms. The van der Waals surface area contributed by atoms with Crippen molar-refractivity contribution < 1.29 is 78.1 Å². The maximum atomic E-state index is 13.7. The molecule has 0 fully saturated rings. The van der Waals surface area contributed by atoms with Gasteiger partial charge in [-0.3, -0.25) is 0 Å². The van der Waals surface area contributed by atoms with Crippen LogP contribution in [0, 0.1) is 0 Å². The van der Waals surface area contributed by atoms with E-state index in [2.05, 4.69) is 4.18 Å². The second-order valence-corrected chi connectivity index (χ2v) is 9.41. The summed E-state index contributed by atoms with van der Waals surface area (Å²) in [7, 11) is -12.4. The molecule has 1 aromatic carbocycles. The summed E-state index contributed by atoms with van der Waals surface area (Å²) < 4.78 is 219. The van der Waals surface area contributed by atoms with Gasteiger partial charge in [-0.15, -0.1) is 0 Å². The van der Waals surface area contributed by atoms with Crippen LogP contribution >= 0.6 is 0 Å². The van der Waals surface area contributed by atoms with Gasteiger partial charge in [-0.25, -0.2) is 12.6 Å². The molecule has 1 N–H and O–H groups in total. The zero-order valence-corrected chi connectivity index (χ0v) is 17.0. The third-order valence-corrected chi connectivity index (χ3v) is 6.44. The fraction of sp³-hybridized carbons (Fsp3) is 0.538. The summed E-state index contributed by atoms with van der Waals surface area (Å²) in [4.78, 5) is -0.771. The van der Waals surface area contributed by atoms with Gasteiger partial charge < -0.3 is 0 Å². The fourth-order valence-corrected chi connectivity index (χ4v) is 3.63. The summed E-state index contributed by atoms with van der Waals surface area (Å²) in [5.74, 6) is -32.8. The number of halogens is 13. The van der Waals surface area contributed by atoms with Gasteiger partial charge in [0.1, 0.15) is 6.73 Å². The third-order valence-electron chi connectivity index (χ3n) is 3.74. The average molecular weight is 569 g/mol. The molecule has 0 amide bonds. The number of alkyl halides is 13. The minimum atomic E-state index is -8.34. The van der Waals surface area contributed by atoms with E-state index in [0.717, 1.165) is 24.3 Å². The van der Waals surface area contributed by atoms with Gasteiger partial charge in [0, 0.05) is 0 Å². The van der Waals surface area contributed by atoms with Crippen molar-refractivity contribution >= 4 is 20.1 Å². The van der Waals surface area contributed by atoms with Crippen molar-refractivity contribution in [3.8, 4) is 0 Å². The van der Waals surface area contributed by atoms with Crippen LogP contribution in [0.4, 0.5) is 57.1 Å². The van der Waals surface area contributed by atoms with Gasteiger partial charge in [0.25, 0.3) is 20.1 Å². The first kappa shape index (κ1) is 30.2. The minimum absolute atomic E-state index is 0.177. The van der Waals surface area contributed by atoms with Crippen LogP contribution in [-0.4, -0.2) is 58.7 Å². The maximum Gasteiger partial charge on any atom is 0.460 e. The molecular formula is C13H8F13NO5S2. The molecular weight excluding hydrogens is 561 g/mol. The molecule has 0 spiro atoms. The van der Waals surface area contributed by atoms with Crippen LogP contribution in [-0.2, 0) is 24.3 Å². The highest BCUT2D eigenvalue weighted by Gasteiger charge is 2.92. The van der Waals surface area contributed by atoms with Gasteiger partial charge in [-0.05, 0) is 12.1 Å². The first-order valence-corrected chi connectivity index (χ1v) is 10.6. The van der Waals surface area contributed by atoms with E-state index in [1.807, 2.05) is 0 Å². The number of hydrogen-bond acceptors (Lipinski definition) is 5. The zero-order chi connectivity index (χ0) is 27.2. The maximum absolute atomic E-state index is 13.7. The van der Waals surface area contributed by atoms with Crippen molar-refractivity contribution in [1.82, 2.24) is 4.72 Å². The fourth-order valence-electron chi connectivity index (χ4n) is 1.85. The predicted molar refractivity (Wildman–Crippen MR) is 82.4 cm³/mol. The van der Waals surface area contributed by atoms with Crippen LogP contribution in [0.1, 0.15) is 0 Å². The summed E-state index contributed by atoms with van der Waals surface area (Å²) in [6.45, 7) is -2.24. The summed E-state index contributed by atoms with van der Waals surface area (Å²) in [6.07, 6.45) is -7.66. The molecule has 0 aliphatic rings. The Labute approximate surface area is 180 Å². The van der Waals surface area contributed by atoms with Crippen LogP contribution in [0.5, 0.6) is 0 Å². The molecule has 0 atom stereocenters. The summed E-state index contributed by atoms with van der Waals surface area (Å²) in [5.41, 5.74) is 0. The number of benzene rings is 1. The Balaban J connectivity index is 3.29. The van der Waals surface area contributed by atoms with E-state index in [9.17, 15) is 73.9 Å². The topological polar surface area (TPSA) is 89.5 Å². The lowest BCUT2D eigenvalue weighted by molar-refractivity contribution is -0.433. The third kappa shape index (κ3) is 4.65. The van der Waals surface area contributed by atoms with Crippen LogP contribution in [0.2, 0.25) is 0 Å². The van der Waals surface area contributed by atoms with Crippen molar-refractivity contribution in [3.63, 3.8) is 0 Å². The standard InChI is InChI=1S/C13H8F13NO5S2/c14-8(15,10(18,19)12(22,23)24)9(16,17)11(20,21)13(25,26)34(30,31)27-6-32-33(28,29)7-4-2-1-3-5-7/h1-5,27H,6H2. The van der Waals surface area contributed by atoms with E-state index in [0.29, 0.717) is 0 Å². The number of rotatable bonds is 10. The number of sulfonamides is 1. The van der Waals surface area contributed by atoms with Gasteiger partial charge >= 0.3 is 35.1 Å². The molecule has 6 nitrogen and oxygen atoms in total. The SMILES string of the molecule is O=S(=O)(OCNS(=O)(=O)C(F)(F)C(F)(F)C(F)(F)C(F)(F)C(F)(F)C(F)(F)F)c1ccccc1. The van der Waals surface area contributed by atoms with E-state index in [4.69, 9.17) is 0 Å². The summed E-state index contributed by atoms with van der Waals surface area (Å²) >= 11 is 0. The van der Waals surface area contributed by atoms with Crippen LogP contribution < -0.4 is 4.72 Å². The lowest BCUT2D eigenvalue weighted by Gasteiger charge is -2.39. The van der Waals surface area contributed by atoms with Gasteiger partial charge in [0.05, 0.1) is 4.90 Å². The molecule has 0 aliphatic heterocycles. The quantitative estimate of drug-likeness (QED) is 0.262. The van der Waals surface area contributed by atoms with Gasteiger partial charge in [0.15, 0.2) is 0 Å². The highest BCUT2D eigenvalue weighted by Crippen LogP contribution is 2.60. The van der Waals surface area contributed by atoms with Crippen molar-refractivity contribution in [2.24, 2.45) is 0 Å². The minimum Gasteiger partial charge on any atom is -0.250 e. The second-order valence-electron chi connectivity index (χ2n) is 5.99. The normalized spacial score (nSPS) is 15.4. The Kier molecular flexibility index (Phi) is 7.68. The Morgan fingerprint density at radius 1 is 0.647 bits per heavy atom. The highest BCUT2D eigenvalue weighted by atomic mass is 32.2. The van der Waals surface area contributed by atoms with Crippen molar-refractivity contribution in [2.75, 3.05) is 6.73 Å². The van der Waals surface area contributed by atoms with Gasteiger partial charge in [0.2, 0.25) is 0 Å². The molecule has 0 unspecified atom stereocenters. The number of nitrogens with one attached hydrogen (secondary N) is 1. The Bertz CT molecular complexity index is 1090. The smallest absolute Gasteiger partial charge is 0.250 e. The molecule has 1 rings (SSSR count). The van der Waals surface area contributed by atoms with Crippen LogP contribution in [0.3, 0.4) is 0 Å². The molecule has 0 saturated heterocycles. The van der Waals surface area contributed by atoms with E-state index in [1.54, 1.807) is 0 Å². The molecule has 1 aromatic rings. The molecule has 0 bridgehead atoms. The van der Waals surface area contributed by atoms with Crippen molar-refractivity contribution in [2.45, 2.75) is 40.0 Å². The second kappa shape index (κ2) is 8.66. The highest BCUT2D eigenvalue weighted by molar-refractivity contribution is 7.90. The van der Waals surface area contributed by atoms with Crippen LogP contribution in [0.25, 0.3) is 0 Å². The Morgan fingerprint density at radius 3 is 1.47 bits per heavy atom. The molecule has 198 valence electrons. The Hall–Kier alpha value is -1.87. The Morgan fingerprint density at radius 2 is 1.06 bits per heavy atom. The van der Waals surface area contributed by atoms with E-state index < -0.39 is 66.9 Å². The first-order chi connectivity index (χ1) is 14.8. The molecule has 34 heavy (non-hydrogen) atoms. The van der Waals surface area contributed by atoms with E-state index >= 15 is 0 Å². The first-order valence-electron chi connectivity index (χ1n) is 7.71. The monoisotopic (exact) mass is 569 g/mol.